The molecule has 1 aliphatic heterocycles. The number of carbonyl (C=O) groups is 1. The van der Waals surface area contributed by atoms with Crippen LogP contribution >= 0.6 is 0 Å². The van der Waals surface area contributed by atoms with Gasteiger partial charge in [0.25, 0.3) is 0 Å². The molecule has 1 saturated heterocycles. The van der Waals surface area contributed by atoms with Gasteiger partial charge in [-0.3, -0.25) is 4.79 Å². The highest BCUT2D eigenvalue weighted by molar-refractivity contribution is 6.12. The minimum atomic E-state index is 0.206. The Balaban J connectivity index is 1.85. The van der Waals surface area contributed by atoms with Gasteiger partial charge >= 0.3 is 0 Å². The van der Waals surface area contributed by atoms with Crippen molar-refractivity contribution >= 4 is 11.9 Å². The van der Waals surface area contributed by atoms with Crippen LogP contribution in [0.1, 0.15) is 37.3 Å². The number of benzene rings is 1. The number of rotatable bonds is 2. The van der Waals surface area contributed by atoms with E-state index in [1.54, 1.807) is 0 Å². The molecule has 1 heterocycles. The number of aryl methyl sites for hydroxylation is 1. The van der Waals surface area contributed by atoms with Crippen LogP contribution in [0.4, 0.5) is 0 Å². The van der Waals surface area contributed by atoms with E-state index in [2.05, 4.69) is 47.9 Å². The van der Waals surface area contributed by atoms with Crippen LogP contribution < -0.4 is 10.6 Å². The van der Waals surface area contributed by atoms with E-state index in [0.29, 0.717) is 0 Å². The second kappa shape index (κ2) is 6.17. The lowest BCUT2D eigenvalue weighted by Gasteiger charge is -2.18. The molecule has 0 atom stereocenters. The number of nitrogens with one attached hydrogen (secondary N) is 2. The highest BCUT2D eigenvalue weighted by Crippen LogP contribution is 2.28. The first-order chi connectivity index (χ1) is 10.3. The Bertz CT molecular complexity index is 588. The Hall–Kier alpha value is -2.03. The Morgan fingerprint density at radius 2 is 1.81 bits per heavy atom. The standard InChI is InChI=1S/C18H22N2O/c1-2-13-6-8-14(9-7-13)12-15-4-3-5-16(17(15)21)18-19-10-11-20-18/h6-9,12,19-20H,2-5,10-11H2,1H3/b15-12+. The maximum Gasteiger partial charge on any atom is 0.188 e. The van der Waals surface area contributed by atoms with Crippen LogP contribution in [0.15, 0.2) is 41.2 Å². The van der Waals surface area contributed by atoms with Crippen LogP contribution in [0.25, 0.3) is 6.08 Å². The zero-order chi connectivity index (χ0) is 14.7. The van der Waals surface area contributed by atoms with Crippen molar-refractivity contribution in [2.45, 2.75) is 32.6 Å². The van der Waals surface area contributed by atoms with Gasteiger partial charge in [-0.15, -0.1) is 0 Å². The molecule has 0 radical (unpaired) electrons. The van der Waals surface area contributed by atoms with Gasteiger partial charge in [0.15, 0.2) is 5.78 Å². The quantitative estimate of drug-likeness (QED) is 0.820. The summed E-state index contributed by atoms with van der Waals surface area (Å²) in [5, 5.41) is 6.55. The summed E-state index contributed by atoms with van der Waals surface area (Å²) in [4.78, 5) is 12.6. The molecular formula is C18H22N2O. The lowest BCUT2D eigenvalue weighted by molar-refractivity contribution is -0.113. The van der Waals surface area contributed by atoms with Gasteiger partial charge in [-0.1, -0.05) is 31.2 Å². The molecule has 1 saturated carbocycles. The smallest absolute Gasteiger partial charge is 0.188 e. The van der Waals surface area contributed by atoms with E-state index in [1.165, 1.54) is 5.56 Å². The molecule has 0 aromatic heterocycles. The van der Waals surface area contributed by atoms with Crippen LogP contribution in [-0.2, 0) is 11.2 Å². The molecular weight excluding hydrogens is 260 g/mol. The second-order valence-corrected chi connectivity index (χ2v) is 5.65. The number of hydrogen-bond acceptors (Lipinski definition) is 3. The molecule has 21 heavy (non-hydrogen) atoms. The number of carbonyl (C=O) groups excluding carboxylic acids is 1. The first kappa shape index (κ1) is 13.9. The molecule has 1 aromatic rings. The van der Waals surface area contributed by atoms with E-state index in [-0.39, 0.29) is 5.78 Å². The summed E-state index contributed by atoms with van der Waals surface area (Å²) >= 11 is 0. The first-order valence-corrected chi connectivity index (χ1v) is 7.83. The minimum absolute atomic E-state index is 0.206. The number of Topliss-reactive ketones (excluding diaryl/α,β-unsaturated/α-hetero) is 1. The Kier molecular flexibility index (Phi) is 4.09. The number of allylic oxidation sites excluding steroid dienone is 2. The average Bonchev–Trinajstić information content (AvgIpc) is 3.04. The molecule has 1 aromatic carbocycles. The van der Waals surface area contributed by atoms with Crippen LogP contribution in [0.5, 0.6) is 0 Å². The summed E-state index contributed by atoms with van der Waals surface area (Å²) < 4.78 is 0. The van der Waals surface area contributed by atoms with Gasteiger partial charge in [0.05, 0.1) is 0 Å². The molecule has 110 valence electrons. The van der Waals surface area contributed by atoms with Gasteiger partial charge in [-0.25, -0.2) is 0 Å². The highest BCUT2D eigenvalue weighted by Gasteiger charge is 2.25. The largest absolute Gasteiger partial charge is 0.370 e. The molecule has 0 spiro atoms. The lowest BCUT2D eigenvalue weighted by Crippen LogP contribution is -2.22. The fourth-order valence-electron chi connectivity index (χ4n) is 2.95. The van der Waals surface area contributed by atoms with Crippen molar-refractivity contribution in [2.75, 3.05) is 13.1 Å². The molecule has 3 rings (SSSR count). The molecule has 1 aliphatic carbocycles. The third kappa shape index (κ3) is 3.02. The maximum atomic E-state index is 12.6. The summed E-state index contributed by atoms with van der Waals surface area (Å²) in [7, 11) is 0. The van der Waals surface area contributed by atoms with Crippen molar-refractivity contribution in [3.05, 3.63) is 52.4 Å². The van der Waals surface area contributed by atoms with Crippen molar-refractivity contribution in [3.63, 3.8) is 0 Å². The van der Waals surface area contributed by atoms with Crippen molar-refractivity contribution in [3.8, 4) is 0 Å². The monoisotopic (exact) mass is 282 g/mol. The molecule has 0 bridgehead atoms. The molecule has 3 heteroatoms. The topological polar surface area (TPSA) is 41.1 Å². The molecule has 2 aliphatic rings. The summed E-state index contributed by atoms with van der Waals surface area (Å²) in [6.07, 6.45) is 5.90. The van der Waals surface area contributed by atoms with Gasteiger partial charge in [-0.2, -0.15) is 0 Å². The molecule has 0 amide bonds. The minimum Gasteiger partial charge on any atom is -0.370 e. The van der Waals surface area contributed by atoms with Crippen LogP contribution in [0, 0.1) is 0 Å². The third-order valence-electron chi connectivity index (χ3n) is 4.20. The molecule has 2 N–H and O–H groups in total. The Morgan fingerprint density at radius 3 is 2.48 bits per heavy atom. The van der Waals surface area contributed by atoms with Crippen molar-refractivity contribution in [1.82, 2.24) is 10.6 Å². The lowest BCUT2D eigenvalue weighted by atomic mass is 9.87. The van der Waals surface area contributed by atoms with Gasteiger partial charge in [0, 0.05) is 24.2 Å². The van der Waals surface area contributed by atoms with Gasteiger partial charge < -0.3 is 10.6 Å². The van der Waals surface area contributed by atoms with Crippen LogP contribution in [0.3, 0.4) is 0 Å². The van der Waals surface area contributed by atoms with Crippen molar-refractivity contribution < 1.29 is 4.79 Å². The average molecular weight is 282 g/mol. The Morgan fingerprint density at radius 1 is 1.10 bits per heavy atom. The van der Waals surface area contributed by atoms with Crippen molar-refractivity contribution in [1.29, 1.82) is 0 Å². The fraction of sp³-hybridized carbons (Fsp3) is 0.389. The zero-order valence-electron chi connectivity index (χ0n) is 12.5. The van der Waals surface area contributed by atoms with Gasteiger partial charge in [0.1, 0.15) is 5.82 Å². The predicted octanol–water partition coefficient (Wildman–Crippen LogP) is 2.79. The normalized spacial score (nSPS) is 20.6. The van der Waals surface area contributed by atoms with E-state index < -0.39 is 0 Å². The molecule has 3 nitrogen and oxygen atoms in total. The summed E-state index contributed by atoms with van der Waals surface area (Å²) in [6.45, 7) is 3.96. The fourth-order valence-corrected chi connectivity index (χ4v) is 2.95. The summed E-state index contributed by atoms with van der Waals surface area (Å²) in [5.74, 6) is 1.16. The highest BCUT2D eigenvalue weighted by atomic mass is 16.1. The van der Waals surface area contributed by atoms with Crippen molar-refractivity contribution in [2.24, 2.45) is 0 Å². The maximum absolute atomic E-state index is 12.6. The molecule has 2 fully saturated rings. The zero-order valence-corrected chi connectivity index (χ0v) is 12.5. The number of ketones is 1. The first-order valence-electron chi connectivity index (χ1n) is 7.83. The number of hydrogen-bond donors (Lipinski definition) is 2. The van der Waals surface area contributed by atoms with Gasteiger partial charge in [0.2, 0.25) is 0 Å². The summed E-state index contributed by atoms with van der Waals surface area (Å²) in [6, 6.07) is 8.48. The Labute approximate surface area is 126 Å². The van der Waals surface area contributed by atoms with E-state index in [0.717, 1.165) is 61.3 Å². The van der Waals surface area contributed by atoms with E-state index >= 15 is 0 Å². The second-order valence-electron chi connectivity index (χ2n) is 5.65. The van der Waals surface area contributed by atoms with E-state index in [1.807, 2.05) is 0 Å². The SMILES string of the molecule is CCc1ccc(/C=C2\CCCC(=C3NCCN3)C2=O)cc1. The van der Waals surface area contributed by atoms with Gasteiger partial charge in [-0.05, 0) is 42.9 Å². The predicted molar refractivity (Wildman–Crippen MR) is 85.7 cm³/mol. The van der Waals surface area contributed by atoms with E-state index in [4.69, 9.17) is 0 Å². The van der Waals surface area contributed by atoms with Crippen LogP contribution in [0.2, 0.25) is 0 Å². The molecule has 0 unspecified atom stereocenters. The van der Waals surface area contributed by atoms with Crippen LogP contribution in [-0.4, -0.2) is 18.9 Å². The van der Waals surface area contributed by atoms with E-state index in [9.17, 15) is 4.79 Å². The summed E-state index contributed by atoms with van der Waals surface area (Å²) in [5.41, 5.74) is 4.31. The third-order valence-corrected chi connectivity index (χ3v) is 4.20.